The molecular weight excluding hydrogens is 338 g/mol. The topological polar surface area (TPSA) is 88.6 Å². The highest BCUT2D eigenvalue weighted by atomic mass is 32.2. The Bertz CT molecular complexity index is 1040. The van der Waals surface area contributed by atoms with Crippen molar-refractivity contribution < 1.29 is 21.6 Å². The lowest BCUT2D eigenvalue weighted by Crippen LogP contribution is -2.26. The van der Waals surface area contributed by atoms with E-state index >= 15 is 0 Å². The molecule has 0 amide bonds. The number of carbonyl (C=O) groups is 1. The average molecular weight is 351 g/mol. The molecule has 0 spiro atoms. The second-order valence-electron chi connectivity index (χ2n) is 5.25. The Morgan fingerprint density at radius 2 is 1.65 bits per heavy atom. The molecule has 0 aliphatic carbocycles. The molecule has 0 radical (unpaired) electrons. The number of sulfonamides is 1. The van der Waals surface area contributed by atoms with Gasteiger partial charge in [0.25, 0.3) is 10.0 Å². The third-order valence-electron chi connectivity index (χ3n) is 3.75. The Balaban J connectivity index is 2.41. The van der Waals surface area contributed by atoms with Crippen LogP contribution in [0.2, 0.25) is 0 Å². The maximum absolute atomic E-state index is 12.8. The summed E-state index contributed by atoms with van der Waals surface area (Å²) in [6, 6.07) is 9.90. The van der Waals surface area contributed by atoms with E-state index in [4.69, 9.17) is 0 Å². The summed E-state index contributed by atoms with van der Waals surface area (Å²) in [6.45, 7) is 0. The van der Waals surface area contributed by atoms with E-state index in [0.717, 1.165) is 16.6 Å². The van der Waals surface area contributed by atoms with Crippen LogP contribution < -0.4 is 4.31 Å². The maximum Gasteiger partial charge on any atom is 0.264 e. The van der Waals surface area contributed by atoms with Crippen LogP contribution >= 0.6 is 0 Å². The van der Waals surface area contributed by atoms with Crippen LogP contribution in [0.4, 0.5) is 5.69 Å². The van der Waals surface area contributed by atoms with Crippen LogP contribution in [0.1, 0.15) is 15.9 Å². The standard InChI is InChI=1S/C15H13NO5S2/c1-16-13-6-4-3-5-11(13)15(17)12-8-7-10(22(2,18)19)9-14(12)23(16,20)21/h3-9H,1-2H3. The molecule has 120 valence electrons. The monoisotopic (exact) mass is 351 g/mol. The van der Waals surface area contributed by atoms with Crippen molar-refractivity contribution in [1.82, 2.24) is 0 Å². The van der Waals surface area contributed by atoms with E-state index in [0.29, 0.717) is 0 Å². The third kappa shape index (κ3) is 2.34. The largest absolute Gasteiger partial charge is 0.288 e. The van der Waals surface area contributed by atoms with Gasteiger partial charge >= 0.3 is 0 Å². The minimum atomic E-state index is -4.04. The molecule has 23 heavy (non-hydrogen) atoms. The van der Waals surface area contributed by atoms with Crippen molar-refractivity contribution in [3.63, 3.8) is 0 Å². The Kier molecular flexibility index (Phi) is 3.35. The van der Waals surface area contributed by atoms with Gasteiger partial charge in [0.1, 0.15) is 0 Å². The Morgan fingerprint density at radius 3 is 2.30 bits per heavy atom. The van der Waals surface area contributed by atoms with Gasteiger partial charge in [-0.15, -0.1) is 0 Å². The number of hydrogen-bond donors (Lipinski definition) is 0. The van der Waals surface area contributed by atoms with Crippen LogP contribution in [0.15, 0.2) is 52.3 Å². The average Bonchev–Trinajstić information content (AvgIpc) is 2.56. The molecule has 6 nitrogen and oxygen atoms in total. The summed E-state index contributed by atoms with van der Waals surface area (Å²) in [5, 5.41) is 0. The first kappa shape index (κ1) is 15.7. The van der Waals surface area contributed by atoms with Crippen LogP contribution in [0.25, 0.3) is 0 Å². The van der Waals surface area contributed by atoms with E-state index in [-0.39, 0.29) is 26.6 Å². The van der Waals surface area contributed by atoms with Gasteiger partial charge in [0, 0.05) is 24.4 Å². The maximum atomic E-state index is 12.8. The molecule has 2 aromatic rings. The predicted octanol–water partition coefficient (Wildman–Crippen LogP) is 1.46. The lowest BCUT2D eigenvalue weighted by molar-refractivity contribution is 0.103. The summed E-state index contributed by atoms with van der Waals surface area (Å²) in [5.41, 5.74) is 0.480. The van der Waals surface area contributed by atoms with E-state index in [2.05, 4.69) is 0 Å². The number of nitrogens with zero attached hydrogens (tertiary/aromatic N) is 1. The second kappa shape index (κ2) is 4.90. The summed E-state index contributed by atoms with van der Waals surface area (Å²) >= 11 is 0. The number of hydrogen-bond acceptors (Lipinski definition) is 5. The van der Waals surface area contributed by atoms with Crippen LogP contribution in [-0.2, 0) is 19.9 Å². The number of sulfone groups is 1. The molecule has 0 unspecified atom stereocenters. The first-order valence-corrected chi connectivity index (χ1v) is 9.94. The van der Waals surface area contributed by atoms with Crippen molar-refractivity contribution in [3.8, 4) is 0 Å². The molecule has 0 saturated carbocycles. The van der Waals surface area contributed by atoms with E-state index in [9.17, 15) is 21.6 Å². The number of benzene rings is 2. The fourth-order valence-corrected chi connectivity index (χ4v) is 4.65. The second-order valence-corrected chi connectivity index (χ2v) is 9.20. The molecule has 1 aliphatic rings. The quantitative estimate of drug-likeness (QED) is 0.776. The SMILES string of the molecule is CN1c2ccccc2C(=O)c2ccc(S(C)(=O)=O)cc2S1(=O)=O. The number of para-hydroxylation sites is 1. The van der Waals surface area contributed by atoms with Gasteiger partial charge in [-0.05, 0) is 30.3 Å². The first-order valence-electron chi connectivity index (χ1n) is 6.61. The van der Waals surface area contributed by atoms with Gasteiger partial charge in [-0.2, -0.15) is 0 Å². The van der Waals surface area contributed by atoms with Gasteiger partial charge in [0.2, 0.25) is 0 Å². The van der Waals surface area contributed by atoms with Crippen molar-refractivity contribution in [2.24, 2.45) is 0 Å². The van der Waals surface area contributed by atoms with E-state index in [1.54, 1.807) is 18.2 Å². The molecule has 0 aromatic heterocycles. The highest BCUT2D eigenvalue weighted by molar-refractivity contribution is 7.93. The van der Waals surface area contributed by atoms with Gasteiger partial charge in [0.15, 0.2) is 15.6 Å². The Morgan fingerprint density at radius 1 is 1.00 bits per heavy atom. The van der Waals surface area contributed by atoms with Gasteiger partial charge in [0.05, 0.1) is 15.5 Å². The Labute approximate surface area is 134 Å². The summed E-state index contributed by atoms with van der Waals surface area (Å²) in [5.74, 6) is -0.455. The Hall–Kier alpha value is -2.19. The van der Waals surface area contributed by atoms with Gasteiger partial charge < -0.3 is 0 Å². The third-order valence-corrected chi connectivity index (χ3v) is 6.67. The summed E-state index contributed by atoms with van der Waals surface area (Å²) in [6.07, 6.45) is 0.984. The highest BCUT2D eigenvalue weighted by Crippen LogP contribution is 2.34. The number of fused-ring (bicyclic) bond motifs is 2. The lowest BCUT2D eigenvalue weighted by Gasteiger charge is -2.19. The smallest absolute Gasteiger partial charge is 0.264 e. The van der Waals surface area contributed by atoms with Crippen LogP contribution in [-0.4, -0.2) is 35.9 Å². The zero-order valence-corrected chi connectivity index (χ0v) is 14.0. The first-order chi connectivity index (χ1) is 10.6. The van der Waals surface area contributed by atoms with Gasteiger partial charge in [-0.25, -0.2) is 16.8 Å². The highest BCUT2D eigenvalue weighted by Gasteiger charge is 2.34. The fourth-order valence-electron chi connectivity index (χ4n) is 2.50. The van der Waals surface area contributed by atoms with Crippen molar-refractivity contribution in [1.29, 1.82) is 0 Å². The molecule has 0 N–H and O–H groups in total. The molecule has 0 bridgehead atoms. The van der Waals surface area contributed by atoms with E-state index in [1.807, 2.05) is 0 Å². The normalized spacial score (nSPS) is 16.4. The summed E-state index contributed by atoms with van der Waals surface area (Å²) in [4.78, 5) is 12.2. The lowest BCUT2D eigenvalue weighted by atomic mass is 10.0. The predicted molar refractivity (Wildman–Crippen MR) is 85.0 cm³/mol. The van der Waals surface area contributed by atoms with Crippen molar-refractivity contribution >= 4 is 31.3 Å². The number of carbonyl (C=O) groups excluding carboxylic acids is 1. The molecule has 0 saturated heterocycles. The van der Waals surface area contributed by atoms with E-state index in [1.165, 1.54) is 25.2 Å². The minimum Gasteiger partial charge on any atom is -0.288 e. The molecule has 8 heteroatoms. The minimum absolute atomic E-state index is 0.0331. The fraction of sp³-hybridized carbons (Fsp3) is 0.133. The van der Waals surface area contributed by atoms with Crippen molar-refractivity contribution in [2.45, 2.75) is 9.79 Å². The van der Waals surface area contributed by atoms with Crippen LogP contribution in [0.3, 0.4) is 0 Å². The van der Waals surface area contributed by atoms with Crippen molar-refractivity contribution in [2.75, 3.05) is 17.6 Å². The molecule has 1 aliphatic heterocycles. The molecule has 0 atom stereocenters. The molecular formula is C15H13NO5S2. The number of ketones is 1. The van der Waals surface area contributed by atoms with Crippen LogP contribution in [0.5, 0.6) is 0 Å². The van der Waals surface area contributed by atoms with Crippen LogP contribution in [0, 0.1) is 0 Å². The van der Waals surface area contributed by atoms with Crippen molar-refractivity contribution in [3.05, 3.63) is 53.6 Å². The number of anilines is 1. The van der Waals surface area contributed by atoms with Gasteiger partial charge in [-0.1, -0.05) is 12.1 Å². The molecule has 2 aromatic carbocycles. The number of rotatable bonds is 1. The molecule has 1 heterocycles. The van der Waals surface area contributed by atoms with Gasteiger partial charge in [-0.3, -0.25) is 9.10 Å². The zero-order valence-electron chi connectivity index (χ0n) is 12.3. The summed E-state index contributed by atoms with van der Waals surface area (Å²) in [7, 11) is -6.30. The zero-order chi connectivity index (χ0) is 17.0. The molecule has 3 rings (SSSR count). The van der Waals surface area contributed by atoms with E-state index < -0.39 is 25.6 Å². The molecule has 0 fully saturated rings. The summed E-state index contributed by atoms with van der Waals surface area (Å²) < 4.78 is 50.0.